The molecule has 5 aromatic rings. The lowest BCUT2D eigenvalue weighted by atomic mass is 9.85. The molecule has 0 radical (unpaired) electrons. The number of carbonyl (C=O) groups excluding carboxylic acids is 4. The molecule has 26 heteroatoms. The Labute approximate surface area is 498 Å². The van der Waals surface area contributed by atoms with Gasteiger partial charge in [0.25, 0.3) is 11.5 Å². The number of halogens is 1. The van der Waals surface area contributed by atoms with Gasteiger partial charge in [0.05, 0.1) is 119 Å². The number of amides is 4. The molecule has 0 unspecified atom stereocenters. The van der Waals surface area contributed by atoms with Crippen molar-refractivity contribution < 1.29 is 62.2 Å². The van der Waals surface area contributed by atoms with Crippen molar-refractivity contribution in [1.82, 2.24) is 40.4 Å². The molecule has 84 heavy (non-hydrogen) atoms. The second-order valence-electron chi connectivity index (χ2n) is 21.2. The van der Waals surface area contributed by atoms with Crippen molar-refractivity contribution in [3.63, 3.8) is 0 Å². The largest absolute Gasteiger partial charge is 0.478 e. The van der Waals surface area contributed by atoms with Crippen LogP contribution in [-0.4, -0.2) is 197 Å². The fourth-order valence-electron chi connectivity index (χ4n) is 9.33. The van der Waals surface area contributed by atoms with Gasteiger partial charge in [-0.3, -0.25) is 24.0 Å². The van der Waals surface area contributed by atoms with Crippen LogP contribution in [0.25, 0.3) is 21.3 Å². The van der Waals surface area contributed by atoms with Crippen LogP contribution in [0, 0.1) is 12.3 Å². The molecule has 0 bridgehead atoms. The predicted molar refractivity (Wildman–Crippen MR) is 317 cm³/mol. The van der Waals surface area contributed by atoms with Crippen LogP contribution in [0.5, 0.6) is 5.75 Å². The number of thiazole rings is 1. The maximum Gasteiger partial charge on any atom is 0.293 e. The van der Waals surface area contributed by atoms with Crippen molar-refractivity contribution in [2.45, 2.75) is 77.8 Å². The smallest absolute Gasteiger partial charge is 0.293 e. The monoisotopic (exact) mass is 1210 g/mol. The summed E-state index contributed by atoms with van der Waals surface area (Å²) < 4.78 is 46.6. The summed E-state index contributed by atoms with van der Waals surface area (Å²) in [5.74, 6) is -0.621. The van der Waals surface area contributed by atoms with Crippen molar-refractivity contribution in [1.29, 1.82) is 0 Å². The third-order valence-electron chi connectivity index (χ3n) is 13.9. The average molecular weight is 1210 g/mol. The molecule has 7 rings (SSSR count). The number of nitrogens with zero attached hydrogens (tertiary/aromatic N) is 6. The van der Waals surface area contributed by atoms with E-state index >= 15 is 0 Å². The number of β-amino-alcohol motifs (C(OH)–C–C–N with tert-alkyl or cyclic N) is 1. The molecule has 2 aliphatic heterocycles. The van der Waals surface area contributed by atoms with E-state index in [1.165, 1.54) is 16.5 Å². The lowest BCUT2D eigenvalue weighted by Gasteiger charge is -2.35. The topological polar surface area (TPSA) is 278 Å². The summed E-state index contributed by atoms with van der Waals surface area (Å²) in [4.78, 5) is 82.9. The van der Waals surface area contributed by atoms with E-state index in [-0.39, 0.29) is 75.2 Å². The number of likely N-dealkylation sites (tertiary alicyclic amines) is 1. The van der Waals surface area contributed by atoms with Crippen molar-refractivity contribution in [2.24, 2.45) is 12.5 Å². The molecule has 5 N–H and O–H groups in total. The fraction of sp³-hybridized carbons (Fsp3) is 0.552. The van der Waals surface area contributed by atoms with E-state index < -0.39 is 35.4 Å². The number of aliphatic hydroxyl groups is 1. The first-order valence-corrected chi connectivity index (χ1v) is 29.4. The van der Waals surface area contributed by atoms with Crippen LogP contribution in [0.3, 0.4) is 0 Å². The highest BCUT2D eigenvalue weighted by molar-refractivity contribution is 7.13. The number of carbonyl (C=O) groups is 4. The molecule has 2 aliphatic rings. The first kappa shape index (κ1) is 65.2. The minimum Gasteiger partial charge on any atom is -0.478 e. The Morgan fingerprint density at radius 3 is 2.06 bits per heavy atom. The number of benzene rings is 2. The SMILES string of the molecule is CNC(=O)COc1cc2cc(Nc3nc(N4CCC(OCCOCCOCCOCCOCCOCCOCC(=O)N[C@H](C(=O)N5C[C@H](O)C[C@H]5C(=O)NCc5ccc(-c6scnc6C)cc5)C(C)(C)C)CC4)ncc3Cl)ccc2n(C)c1=O. The van der Waals surface area contributed by atoms with E-state index in [4.69, 9.17) is 54.5 Å². The molecule has 0 spiro atoms. The van der Waals surface area contributed by atoms with Crippen LogP contribution in [0.15, 0.2) is 65.0 Å². The second kappa shape index (κ2) is 32.8. The zero-order valence-electron chi connectivity index (χ0n) is 48.7. The maximum atomic E-state index is 13.9. The summed E-state index contributed by atoms with van der Waals surface area (Å²) in [6.45, 7) is 12.9. The highest BCUT2D eigenvalue weighted by Gasteiger charge is 2.44. The molecule has 2 aromatic carbocycles. The molecule has 0 aliphatic carbocycles. The van der Waals surface area contributed by atoms with Gasteiger partial charge in [0.1, 0.15) is 23.7 Å². The van der Waals surface area contributed by atoms with Gasteiger partial charge in [0.15, 0.2) is 18.2 Å². The summed E-state index contributed by atoms with van der Waals surface area (Å²) in [6.07, 6.45) is 2.45. The molecule has 24 nitrogen and oxygen atoms in total. The summed E-state index contributed by atoms with van der Waals surface area (Å²) in [6, 6.07) is 13.1. The third kappa shape index (κ3) is 19.6. The van der Waals surface area contributed by atoms with Crippen molar-refractivity contribution in [3.05, 3.63) is 86.9 Å². The highest BCUT2D eigenvalue weighted by Crippen LogP contribution is 2.31. The lowest BCUT2D eigenvalue weighted by molar-refractivity contribution is -0.144. The van der Waals surface area contributed by atoms with E-state index in [1.54, 1.807) is 30.6 Å². The van der Waals surface area contributed by atoms with E-state index in [0.717, 1.165) is 39.9 Å². The zero-order valence-corrected chi connectivity index (χ0v) is 50.2. The number of aliphatic hydroxyl groups excluding tert-OH is 1. The lowest BCUT2D eigenvalue weighted by Crippen LogP contribution is -2.58. The van der Waals surface area contributed by atoms with Crippen molar-refractivity contribution in [3.8, 4) is 16.2 Å². The number of fused-ring (bicyclic) bond motifs is 1. The van der Waals surface area contributed by atoms with Gasteiger partial charge in [-0.2, -0.15) is 4.98 Å². The predicted octanol–water partition coefficient (Wildman–Crippen LogP) is 4.18. The van der Waals surface area contributed by atoms with E-state index in [1.807, 2.05) is 75.7 Å². The van der Waals surface area contributed by atoms with E-state index in [0.29, 0.717) is 107 Å². The van der Waals surface area contributed by atoms with Gasteiger partial charge in [-0.05, 0) is 60.6 Å². The number of hydrogen-bond acceptors (Lipinski definition) is 20. The van der Waals surface area contributed by atoms with Gasteiger partial charge in [-0.25, -0.2) is 9.97 Å². The Kier molecular flexibility index (Phi) is 25.4. The molecule has 5 heterocycles. The van der Waals surface area contributed by atoms with E-state index in [9.17, 15) is 29.1 Å². The minimum absolute atomic E-state index is 0.0232. The van der Waals surface area contributed by atoms with Gasteiger partial charge in [0.2, 0.25) is 23.7 Å². The van der Waals surface area contributed by atoms with Crippen LogP contribution in [-0.2, 0) is 65.9 Å². The normalized spacial score (nSPS) is 16.0. The highest BCUT2D eigenvalue weighted by atomic mass is 35.5. The number of nitrogens with one attached hydrogen (secondary N) is 4. The summed E-state index contributed by atoms with van der Waals surface area (Å²) >= 11 is 8.09. The number of aryl methyl sites for hydroxylation is 2. The molecular formula is C58H79ClN10O14S. The van der Waals surface area contributed by atoms with Gasteiger partial charge in [-0.1, -0.05) is 56.6 Å². The van der Waals surface area contributed by atoms with Crippen molar-refractivity contribution in [2.75, 3.05) is 129 Å². The number of ether oxygens (including phenoxy) is 8. The molecule has 458 valence electrons. The second-order valence-corrected chi connectivity index (χ2v) is 22.5. The minimum atomic E-state index is -0.972. The molecular weight excluding hydrogens is 1130 g/mol. The standard InChI is InChI=1S/C58H79ClN10O14S/c1-38-51(84-37-63-38)40-9-7-39(8-10-40)32-61-54(73)47-31-43(70)34-69(47)56(75)52(58(2,3)4)65-50(72)35-81-26-25-79-22-21-77-18-17-76-19-20-78-23-24-80-27-28-82-44-13-15-68(16-14-44)57-62-33-45(59)53(66-57)64-42-11-12-46-41(29-42)30-48(55(74)67(46)6)83-36-49(71)60-5/h7-12,29-30,33,37,43-44,47,52,70H,13-28,31-32,34-36H2,1-6H3,(H,60,71)(H,61,73)(H,65,72)(H,62,64,66)/t43-,47+,52-/m1/s1. The number of rotatable bonds is 33. The molecule has 3 atom stereocenters. The van der Waals surface area contributed by atoms with Gasteiger partial charge in [0, 0.05) is 57.8 Å². The number of aromatic nitrogens is 4. The average Bonchev–Trinajstić information content (AvgIpc) is 3.43. The molecule has 2 saturated heterocycles. The summed E-state index contributed by atoms with van der Waals surface area (Å²) in [5.41, 5.74) is 5.02. The van der Waals surface area contributed by atoms with Crippen LogP contribution < -0.4 is 36.5 Å². The Bertz CT molecular complexity index is 2990. The van der Waals surface area contributed by atoms with Crippen LogP contribution >= 0.6 is 22.9 Å². The van der Waals surface area contributed by atoms with Crippen LogP contribution in [0.1, 0.15) is 51.3 Å². The Hall–Kier alpha value is -6.39. The van der Waals surface area contributed by atoms with Gasteiger partial charge >= 0.3 is 0 Å². The van der Waals surface area contributed by atoms with Crippen LogP contribution in [0.2, 0.25) is 5.02 Å². The van der Waals surface area contributed by atoms with Gasteiger partial charge < -0.3 is 78.6 Å². The molecule has 4 amide bonds. The number of piperidine rings is 1. The Morgan fingerprint density at radius 1 is 0.821 bits per heavy atom. The summed E-state index contributed by atoms with van der Waals surface area (Å²) in [7, 11) is 3.14. The van der Waals surface area contributed by atoms with Crippen LogP contribution in [0.4, 0.5) is 17.5 Å². The number of likely N-dealkylation sites (N-methyl/N-ethyl adjacent to an activating group) is 1. The Balaban J connectivity index is 0.661. The number of hydrogen-bond donors (Lipinski definition) is 5. The Morgan fingerprint density at radius 2 is 1.45 bits per heavy atom. The van der Waals surface area contributed by atoms with Crippen molar-refractivity contribution >= 4 is 74.9 Å². The van der Waals surface area contributed by atoms with Gasteiger partial charge in [-0.15, -0.1) is 11.3 Å². The third-order valence-corrected chi connectivity index (χ3v) is 15.2. The summed E-state index contributed by atoms with van der Waals surface area (Å²) in [5, 5.41) is 23.1. The molecule has 2 fully saturated rings. The maximum absolute atomic E-state index is 13.9. The molecule has 3 aromatic heterocycles. The number of pyridine rings is 1. The molecule has 0 saturated carbocycles. The first-order chi connectivity index (χ1) is 40.5. The quantitative estimate of drug-likeness (QED) is 0.0369. The fourth-order valence-corrected chi connectivity index (χ4v) is 10.3. The first-order valence-electron chi connectivity index (χ1n) is 28.1. The number of anilines is 3. The zero-order chi connectivity index (χ0) is 60.0. The van der Waals surface area contributed by atoms with E-state index in [2.05, 4.69) is 36.1 Å².